The Bertz CT molecular complexity index is 443. The second-order valence-electron chi connectivity index (χ2n) is 5.02. The third-order valence-electron chi connectivity index (χ3n) is 3.75. The van der Waals surface area contributed by atoms with E-state index in [1.54, 1.807) is 0 Å². The second kappa shape index (κ2) is 5.41. The lowest BCUT2D eigenvalue weighted by atomic mass is 9.87. The maximum absolute atomic E-state index is 11.2. The second-order valence-corrected chi connectivity index (χ2v) is 5.87. The van der Waals surface area contributed by atoms with Crippen LogP contribution in [0, 0.1) is 0 Å². The van der Waals surface area contributed by atoms with Crippen LogP contribution in [0.5, 0.6) is 0 Å². The molecule has 0 amide bonds. The first-order chi connectivity index (χ1) is 8.54. The normalized spacial score (nSPS) is 19.7. The Balaban J connectivity index is 2.41. The van der Waals surface area contributed by atoms with Crippen molar-refractivity contribution in [3.63, 3.8) is 0 Å². The van der Waals surface area contributed by atoms with Crippen LogP contribution in [-0.4, -0.2) is 29.1 Å². The first kappa shape index (κ1) is 13.6. The summed E-state index contributed by atoms with van der Waals surface area (Å²) in [5.41, 5.74) is 0.636. The molecule has 3 nitrogen and oxygen atoms in total. The molecule has 18 heavy (non-hydrogen) atoms. The molecule has 0 bridgehead atoms. The van der Waals surface area contributed by atoms with Gasteiger partial charge in [0, 0.05) is 4.47 Å². The van der Waals surface area contributed by atoms with Gasteiger partial charge in [0.2, 0.25) is 0 Å². The Morgan fingerprint density at radius 2 is 2.00 bits per heavy atom. The SMILES string of the molecule is CC(CC(=O)O)(c1ccccc1Br)N1CCCC1. The Kier molecular flexibility index (Phi) is 4.07. The van der Waals surface area contributed by atoms with Crippen molar-refractivity contribution in [2.24, 2.45) is 0 Å². The van der Waals surface area contributed by atoms with Gasteiger partial charge in [0.1, 0.15) is 0 Å². The van der Waals surface area contributed by atoms with Gasteiger partial charge in [-0.1, -0.05) is 34.1 Å². The Morgan fingerprint density at radius 1 is 1.39 bits per heavy atom. The van der Waals surface area contributed by atoms with Crippen LogP contribution < -0.4 is 0 Å². The summed E-state index contributed by atoms with van der Waals surface area (Å²) in [4.78, 5) is 13.5. The van der Waals surface area contributed by atoms with Crippen LogP contribution in [0.15, 0.2) is 28.7 Å². The Labute approximate surface area is 116 Å². The van der Waals surface area contributed by atoms with E-state index in [0.29, 0.717) is 0 Å². The lowest BCUT2D eigenvalue weighted by Gasteiger charge is -2.39. The lowest BCUT2D eigenvalue weighted by Crippen LogP contribution is -2.44. The van der Waals surface area contributed by atoms with Crippen LogP contribution >= 0.6 is 15.9 Å². The van der Waals surface area contributed by atoms with Gasteiger partial charge in [0.05, 0.1) is 12.0 Å². The zero-order valence-electron chi connectivity index (χ0n) is 10.5. The van der Waals surface area contributed by atoms with E-state index in [1.165, 1.54) is 0 Å². The van der Waals surface area contributed by atoms with Gasteiger partial charge < -0.3 is 5.11 Å². The molecule has 1 aromatic rings. The molecule has 1 fully saturated rings. The quantitative estimate of drug-likeness (QED) is 0.928. The van der Waals surface area contributed by atoms with Gasteiger partial charge in [-0.25, -0.2) is 0 Å². The minimum Gasteiger partial charge on any atom is -0.481 e. The molecule has 1 atom stereocenters. The van der Waals surface area contributed by atoms with Crippen molar-refractivity contribution in [3.05, 3.63) is 34.3 Å². The predicted octanol–water partition coefficient (Wildman–Crippen LogP) is 3.23. The minimum absolute atomic E-state index is 0.135. The smallest absolute Gasteiger partial charge is 0.305 e. The zero-order chi connectivity index (χ0) is 13.2. The average molecular weight is 312 g/mol. The number of nitrogens with zero attached hydrogens (tertiary/aromatic N) is 1. The molecule has 0 saturated carbocycles. The van der Waals surface area contributed by atoms with Gasteiger partial charge >= 0.3 is 5.97 Å². The van der Waals surface area contributed by atoms with E-state index in [4.69, 9.17) is 0 Å². The van der Waals surface area contributed by atoms with E-state index < -0.39 is 11.5 Å². The maximum Gasteiger partial charge on any atom is 0.305 e. The molecular formula is C14H18BrNO2. The van der Waals surface area contributed by atoms with Crippen LogP contribution in [0.1, 0.15) is 31.7 Å². The average Bonchev–Trinajstić information content (AvgIpc) is 2.82. The van der Waals surface area contributed by atoms with E-state index in [0.717, 1.165) is 36.0 Å². The molecule has 1 aliphatic rings. The molecular weight excluding hydrogens is 294 g/mol. The summed E-state index contributed by atoms with van der Waals surface area (Å²) in [5.74, 6) is -0.750. The van der Waals surface area contributed by atoms with Crippen molar-refractivity contribution in [2.45, 2.75) is 31.7 Å². The van der Waals surface area contributed by atoms with E-state index in [2.05, 4.69) is 20.8 Å². The van der Waals surface area contributed by atoms with Gasteiger partial charge in [-0.2, -0.15) is 0 Å². The number of carboxylic acids is 1. The fourth-order valence-electron chi connectivity index (χ4n) is 2.78. The molecule has 98 valence electrons. The summed E-state index contributed by atoms with van der Waals surface area (Å²) in [6.07, 6.45) is 2.44. The number of rotatable bonds is 4. The lowest BCUT2D eigenvalue weighted by molar-refractivity contribution is -0.140. The number of carboxylic acid groups (broad SMARTS) is 1. The van der Waals surface area contributed by atoms with E-state index in [-0.39, 0.29) is 6.42 Å². The van der Waals surface area contributed by atoms with Gasteiger partial charge in [0.25, 0.3) is 0 Å². The standard InChI is InChI=1S/C14H18BrNO2/c1-14(10-13(17)18,16-8-4-5-9-16)11-6-2-3-7-12(11)15/h2-3,6-7H,4-5,8-10H2,1H3,(H,17,18). The number of aliphatic carboxylic acids is 1. The Hall–Kier alpha value is -0.870. The summed E-state index contributed by atoms with van der Waals surface area (Å²) in [7, 11) is 0. The van der Waals surface area contributed by atoms with Gasteiger partial charge in [-0.3, -0.25) is 9.69 Å². The fraction of sp³-hybridized carbons (Fsp3) is 0.500. The Morgan fingerprint density at radius 3 is 2.56 bits per heavy atom. The van der Waals surface area contributed by atoms with Gasteiger partial charge in [-0.05, 0) is 44.5 Å². The molecule has 1 aromatic carbocycles. The van der Waals surface area contributed by atoms with Crippen molar-refractivity contribution in [1.82, 2.24) is 4.90 Å². The third-order valence-corrected chi connectivity index (χ3v) is 4.45. The van der Waals surface area contributed by atoms with Crippen molar-refractivity contribution in [2.75, 3.05) is 13.1 Å². The highest BCUT2D eigenvalue weighted by Gasteiger charge is 2.38. The van der Waals surface area contributed by atoms with Crippen LogP contribution in [-0.2, 0) is 10.3 Å². The first-order valence-corrected chi connectivity index (χ1v) is 7.05. The monoisotopic (exact) mass is 311 g/mol. The topological polar surface area (TPSA) is 40.5 Å². The molecule has 0 aliphatic carbocycles. The number of benzene rings is 1. The predicted molar refractivity (Wildman–Crippen MR) is 74.6 cm³/mol. The van der Waals surface area contributed by atoms with Crippen LogP contribution in [0.4, 0.5) is 0 Å². The van der Waals surface area contributed by atoms with Gasteiger partial charge in [0.15, 0.2) is 0 Å². The van der Waals surface area contributed by atoms with Crippen molar-refractivity contribution < 1.29 is 9.90 Å². The molecule has 1 N–H and O–H groups in total. The molecule has 4 heteroatoms. The maximum atomic E-state index is 11.2. The summed E-state index contributed by atoms with van der Waals surface area (Å²) >= 11 is 3.55. The minimum atomic E-state index is -0.750. The number of halogens is 1. The number of hydrogen-bond donors (Lipinski definition) is 1. The summed E-state index contributed by atoms with van der Waals surface area (Å²) in [5, 5.41) is 9.22. The van der Waals surface area contributed by atoms with E-state index in [1.807, 2.05) is 31.2 Å². The third kappa shape index (κ3) is 2.59. The molecule has 0 spiro atoms. The van der Waals surface area contributed by atoms with Crippen molar-refractivity contribution in [1.29, 1.82) is 0 Å². The fourth-order valence-corrected chi connectivity index (χ4v) is 3.49. The summed E-state index contributed by atoms with van der Waals surface area (Å²) in [6.45, 7) is 3.99. The number of hydrogen-bond acceptors (Lipinski definition) is 2. The molecule has 1 saturated heterocycles. The van der Waals surface area contributed by atoms with Crippen molar-refractivity contribution >= 4 is 21.9 Å². The zero-order valence-corrected chi connectivity index (χ0v) is 12.1. The van der Waals surface area contributed by atoms with Gasteiger partial charge in [-0.15, -0.1) is 0 Å². The highest BCUT2D eigenvalue weighted by Crippen LogP contribution is 2.38. The van der Waals surface area contributed by atoms with Crippen LogP contribution in [0.25, 0.3) is 0 Å². The number of carbonyl (C=O) groups is 1. The van der Waals surface area contributed by atoms with Crippen LogP contribution in [0.3, 0.4) is 0 Å². The van der Waals surface area contributed by atoms with E-state index in [9.17, 15) is 9.90 Å². The molecule has 0 radical (unpaired) electrons. The molecule has 1 heterocycles. The highest BCUT2D eigenvalue weighted by molar-refractivity contribution is 9.10. The van der Waals surface area contributed by atoms with Crippen LogP contribution in [0.2, 0.25) is 0 Å². The van der Waals surface area contributed by atoms with E-state index >= 15 is 0 Å². The molecule has 0 aromatic heterocycles. The molecule has 1 aliphatic heterocycles. The summed E-state index contributed by atoms with van der Waals surface area (Å²) < 4.78 is 0.987. The highest BCUT2D eigenvalue weighted by atomic mass is 79.9. The van der Waals surface area contributed by atoms with Crippen molar-refractivity contribution in [3.8, 4) is 0 Å². The first-order valence-electron chi connectivity index (χ1n) is 6.26. The molecule has 1 unspecified atom stereocenters. The summed E-state index contributed by atoms with van der Waals surface area (Å²) in [6, 6.07) is 7.92. The largest absolute Gasteiger partial charge is 0.481 e. The number of likely N-dealkylation sites (tertiary alicyclic amines) is 1. The molecule has 2 rings (SSSR count).